The second-order valence-electron chi connectivity index (χ2n) is 6.26. The summed E-state index contributed by atoms with van der Waals surface area (Å²) in [6, 6.07) is 4.34. The van der Waals surface area contributed by atoms with Crippen molar-refractivity contribution in [3.63, 3.8) is 0 Å². The molecule has 2 fully saturated rings. The summed E-state index contributed by atoms with van der Waals surface area (Å²) in [5.41, 5.74) is 0.131. The van der Waals surface area contributed by atoms with E-state index in [9.17, 15) is 13.2 Å². The van der Waals surface area contributed by atoms with Gasteiger partial charge in [0.2, 0.25) is 10.0 Å². The number of sulfonamides is 1. The molecule has 0 aliphatic carbocycles. The van der Waals surface area contributed by atoms with E-state index in [0.717, 1.165) is 32.6 Å². The lowest BCUT2D eigenvalue weighted by Gasteiger charge is -2.32. The Morgan fingerprint density at radius 1 is 1.23 bits per heavy atom. The van der Waals surface area contributed by atoms with Crippen molar-refractivity contribution in [3.8, 4) is 0 Å². The summed E-state index contributed by atoms with van der Waals surface area (Å²) in [5.74, 6) is -0.612. The SMILES string of the molecule is COC(=O)c1cc(Cl)cc(S(=O)(=O)N2CCC(N3CCNCC3)C2)c1.Cl. The molecule has 1 aromatic carbocycles. The molecule has 26 heavy (non-hydrogen) atoms. The van der Waals surface area contributed by atoms with Crippen molar-refractivity contribution >= 4 is 40.0 Å². The van der Waals surface area contributed by atoms with E-state index in [-0.39, 0.29) is 33.9 Å². The number of halogens is 2. The molecular weight excluding hydrogens is 401 g/mol. The first-order chi connectivity index (χ1) is 11.9. The van der Waals surface area contributed by atoms with Gasteiger partial charge in [-0.1, -0.05) is 11.6 Å². The highest BCUT2D eigenvalue weighted by Crippen LogP contribution is 2.27. The van der Waals surface area contributed by atoms with Crippen LogP contribution in [0.3, 0.4) is 0 Å². The number of carbonyl (C=O) groups excluding carboxylic acids is 1. The van der Waals surface area contributed by atoms with E-state index >= 15 is 0 Å². The minimum atomic E-state index is -3.70. The predicted octanol–water partition coefficient (Wildman–Crippen LogP) is 1.22. The van der Waals surface area contributed by atoms with E-state index in [4.69, 9.17) is 11.6 Å². The van der Waals surface area contributed by atoms with Crippen LogP contribution >= 0.6 is 24.0 Å². The summed E-state index contributed by atoms with van der Waals surface area (Å²) in [7, 11) is -2.45. The zero-order chi connectivity index (χ0) is 18.0. The average Bonchev–Trinajstić information content (AvgIpc) is 3.12. The Morgan fingerprint density at radius 3 is 2.58 bits per heavy atom. The van der Waals surface area contributed by atoms with Crippen molar-refractivity contribution in [1.29, 1.82) is 0 Å². The van der Waals surface area contributed by atoms with Gasteiger partial charge in [-0.05, 0) is 24.6 Å². The van der Waals surface area contributed by atoms with E-state index < -0.39 is 16.0 Å². The first-order valence-corrected chi connectivity index (χ1v) is 10.1. The Balaban J connectivity index is 0.00000243. The van der Waals surface area contributed by atoms with Crippen LogP contribution in [0.15, 0.2) is 23.1 Å². The number of carbonyl (C=O) groups is 1. The molecule has 0 saturated carbocycles. The molecule has 1 atom stereocenters. The average molecular weight is 424 g/mol. The molecule has 0 radical (unpaired) electrons. The maximum Gasteiger partial charge on any atom is 0.337 e. The van der Waals surface area contributed by atoms with Gasteiger partial charge in [-0.3, -0.25) is 4.90 Å². The maximum absolute atomic E-state index is 13.0. The largest absolute Gasteiger partial charge is 0.465 e. The zero-order valence-electron chi connectivity index (χ0n) is 14.5. The number of hydrogen-bond acceptors (Lipinski definition) is 6. The third-order valence-corrected chi connectivity index (χ3v) is 6.79. The Kier molecular flexibility index (Phi) is 7.29. The third-order valence-electron chi connectivity index (χ3n) is 4.72. The summed E-state index contributed by atoms with van der Waals surface area (Å²) in [6.07, 6.45) is 0.809. The molecule has 2 saturated heterocycles. The van der Waals surface area contributed by atoms with Crippen molar-refractivity contribution < 1.29 is 17.9 Å². The van der Waals surface area contributed by atoms with Crippen LogP contribution in [0.4, 0.5) is 0 Å². The van der Waals surface area contributed by atoms with Gasteiger partial charge < -0.3 is 10.1 Å². The molecular formula is C16H23Cl2N3O4S. The van der Waals surface area contributed by atoms with Crippen LogP contribution in [-0.4, -0.2) is 76.0 Å². The lowest BCUT2D eigenvalue weighted by molar-refractivity contribution is 0.0600. The molecule has 3 rings (SSSR count). The van der Waals surface area contributed by atoms with E-state index in [2.05, 4.69) is 15.0 Å². The van der Waals surface area contributed by atoms with Crippen molar-refractivity contribution in [2.45, 2.75) is 17.4 Å². The van der Waals surface area contributed by atoms with E-state index in [0.29, 0.717) is 13.1 Å². The number of piperazine rings is 1. The highest BCUT2D eigenvalue weighted by Gasteiger charge is 2.36. The molecule has 2 aliphatic rings. The Labute approximate surface area is 165 Å². The van der Waals surface area contributed by atoms with Gasteiger partial charge >= 0.3 is 5.97 Å². The number of hydrogen-bond donors (Lipinski definition) is 1. The molecule has 1 unspecified atom stereocenters. The predicted molar refractivity (Wildman–Crippen MR) is 102 cm³/mol. The molecule has 1 N–H and O–H groups in total. The van der Waals surface area contributed by atoms with Gasteiger partial charge in [0.15, 0.2) is 0 Å². The quantitative estimate of drug-likeness (QED) is 0.733. The number of nitrogens with zero attached hydrogens (tertiary/aromatic N) is 2. The maximum atomic E-state index is 13.0. The van der Waals surface area contributed by atoms with Crippen LogP contribution in [-0.2, 0) is 14.8 Å². The highest BCUT2D eigenvalue weighted by molar-refractivity contribution is 7.89. The Bertz CT molecular complexity index is 754. The van der Waals surface area contributed by atoms with Crippen molar-refractivity contribution in [2.75, 3.05) is 46.4 Å². The molecule has 0 amide bonds. The molecule has 2 heterocycles. The number of methoxy groups -OCH3 is 1. The van der Waals surface area contributed by atoms with Gasteiger partial charge in [-0.2, -0.15) is 4.31 Å². The van der Waals surface area contributed by atoms with Crippen LogP contribution in [0, 0.1) is 0 Å². The van der Waals surface area contributed by atoms with Crippen LogP contribution < -0.4 is 5.32 Å². The molecule has 0 aromatic heterocycles. The lowest BCUT2D eigenvalue weighted by atomic mass is 10.2. The van der Waals surface area contributed by atoms with E-state index in [1.807, 2.05) is 0 Å². The topological polar surface area (TPSA) is 79.0 Å². The monoisotopic (exact) mass is 423 g/mol. The number of esters is 1. The van der Waals surface area contributed by atoms with Gasteiger partial charge in [-0.15, -0.1) is 12.4 Å². The fourth-order valence-corrected chi connectivity index (χ4v) is 5.23. The summed E-state index contributed by atoms with van der Waals surface area (Å²) < 4.78 is 32.1. The third kappa shape index (κ3) is 4.49. The van der Waals surface area contributed by atoms with Crippen LogP contribution in [0.5, 0.6) is 0 Å². The minimum Gasteiger partial charge on any atom is -0.465 e. The standard InChI is InChI=1S/C16H22ClN3O4S.ClH/c1-24-16(21)12-8-13(17)10-15(9-12)25(22,23)20-5-2-14(11-20)19-6-3-18-4-7-19;/h8-10,14,18H,2-7,11H2,1H3;1H. The summed E-state index contributed by atoms with van der Waals surface area (Å²) in [6.45, 7) is 4.66. The molecule has 0 bridgehead atoms. The smallest absolute Gasteiger partial charge is 0.337 e. The number of rotatable bonds is 4. The fraction of sp³-hybridized carbons (Fsp3) is 0.562. The first-order valence-electron chi connectivity index (χ1n) is 8.25. The molecule has 2 aliphatic heterocycles. The summed E-state index contributed by atoms with van der Waals surface area (Å²) >= 11 is 6.01. The molecule has 1 aromatic rings. The van der Waals surface area contributed by atoms with Crippen LogP contribution in [0.2, 0.25) is 5.02 Å². The van der Waals surface area contributed by atoms with E-state index in [1.54, 1.807) is 0 Å². The Hall–Kier alpha value is -0.900. The highest BCUT2D eigenvalue weighted by atomic mass is 35.5. The second kappa shape index (κ2) is 8.86. The molecule has 10 heteroatoms. The van der Waals surface area contributed by atoms with Gasteiger partial charge in [0.25, 0.3) is 0 Å². The number of ether oxygens (including phenoxy) is 1. The van der Waals surface area contributed by atoms with Gasteiger partial charge in [-0.25, -0.2) is 13.2 Å². The Morgan fingerprint density at radius 2 is 1.92 bits per heavy atom. The summed E-state index contributed by atoms with van der Waals surface area (Å²) in [5, 5.41) is 3.50. The van der Waals surface area contributed by atoms with Gasteiger partial charge in [0, 0.05) is 50.3 Å². The van der Waals surface area contributed by atoms with Crippen LogP contribution in [0.1, 0.15) is 16.8 Å². The number of nitrogens with one attached hydrogen (secondary N) is 1. The lowest BCUT2D eigenvalue weighted by Crippen LogP contribution is -2.49. The normalized spacial score (nSPS) is 22.0. The van der Waals surface area contributed by atoms with Gasteiger partial charge in [0.05, 0.1) is 17.6 Å². The fourth-order valence-electron chi connectivity index (χ4n) is 3.37. The first kappa shape index (κ1) is 21.4. The zero-order valence-corrected chi connectivity index (χ0v) is 16.9. The molecule has 146 valence electrons. The van der Waals surface area contributed by atoms with E-state index in [1.165, 1.54) is 29.6 Å². The summed E-state index contributed by atoms with van der Waals surface area (Å²) in [4.78, 5) is 14.1. The number of benzene rings is 1. The van der Waals surface area contributed by atoms with Crippen molar-refractivity contribution in [1.82, 2.24) is 14.5 Å². The van der Waals surface area contributed by atoms with Crippen LogP contribution in [0.25, 0.3) is 0 Å². The van der Waals surface area contributed by atoms with Crippen molar-refractivity contribution in [2.24, 2.45) is 0 Å². The molecule has 0 spiro atoms. The van der Waals surface area contributed by atoms with Crippen molar-refractivity contribution in [3.05, 3.63) is 28.8 Å². The van der Waals surface area contributed by atoms with Gasteiger partial charge in [0.1, 0.15) is 0 Å². The second-order valence-corrected chi connectivity index (χ2v) is 8.63. The molecule has 7 nitrogen and oxygen atoms in total. The minimum absolute atomic E-state index is 0.